The van der Waals surface area contributed by atoms with Crippen LogP contribution in [0.2, 0.25) is 0 Å². The van der Waals surface area contributed by atoms with Crippen LogP contribution < -0.4 is 5.73 Å². The van der Waals surface area contributed by atoms with Crippen molar-refractivity contribution in [1.82, 2.24) is 9.80 Å². The van der Waals surface area contributed by atoms with E-state index in [-0.39, 0.29) is 5.41 Å². The van der Waals surface area contributed by atoms with Gasteiger partial charge in [0.2, 0.25) is 0 Å². The predicted octanol–water partition coefficient (Wildman–Crippen LogP) is 2.57. The summed E-state index contributed by atoms with van der Waals surface area (Å²) in [5.74, 6) is 0. The molecule has 1 aromatic carbocycles. The third-order valence-electron chi connectivity index (χ3n) is 4.35. The van der Waals surface area contributed by atoms with Gasteiger partial charge in [-0.1, -0.05) is 26.0 Å². The molecule has 0 radical (unpaired) electrons. The minimum absolute atomic E-state index is 0.160. The summed E-state index contributed by atoms with van der Waals surface area (Å²) in [4.78, 5) is 5.03. The fourth-order valence-electron chi connectivity index (χ4n) is 3.10. The molecule has 1 aromatic rings. The van der Waals surface area contributed by atoms with Crippen LogP contribution in [0.4, 0.5) is 5.69 Å². The molecule has 1 aliphatic rings. The smallest absolute Gasteiger partial charge is 0.0314 e. The van der Waals surface area contributed by atoms with Crippen LogP contribution in [0.15, 0.2) is 24.3 Å². The van der Waals surface area contributed by atoms with Crippen molar-refractivity contribution in [3.05, 3.63) is 29.8 Å². The first kappa shape index (κ1) is 15.3. The first-order chi connectivity index (χ1) is 9.47. The fraction of sp³-hybridized carbons (Fsp3) is 0.647. The molecule has 0 atom stereocenters. The Morgan fingerprint density at radius 1 is 1.15 bits per heavy atom. The van der Waals surface area contributed by atoms with Crippen molar-refractivity contribution in [1.29, 1.82) is 0 Å². The molecule has 2 rings (SSSR count). The SMILES string of the molecule is CN(CCN1CCCC1)CC(C)(C)c1ccc(N)cc1. The predicted molar refractivity (Wildman–Crippen MR) is 87.1 cm³/mol. The molecule has 20 heavy (non-hydrogen) atoms. The van der Waals surface area contributed by atoms with Crippen LogP contribution in [0.1, 0.15) is 32.3 Å². The number of hydrogen-bond donors (Lipinski definition) is 1. The molecule has 0 aliphatic carbocycles. The first-order valence-corrected chi connectivity index (χ1v) is 7.74. The lowest BCUT2D eigenvalue weighted by Gasteiger charge is -2.32. The van der Waals surface area contributed by atoms with E-state index in [1.807, 2.05) is 12.1 Å². The van der Waals surface area contributed by atoms with Crippen LogP contribution in [0, 0.1) is 0 Å². The zero-order valence-corrected chi connectivity index (χ0v) is 13.2. The minimum atomic E-state index is 0.160. The van der Waals surface area contributed by atoms with Gasteiger partial charge in [-0.05, 0) is 50.7 Å². The summed E-state index contributed by atoms with van der Waals surface area (Å²) in [5, 5.41) is 0. The lowest BCUT2D eigenvalue weighted by atomic mass is 9.84. The highest BCUT2D eigenvalue weighted by atomic mass is 15.2. The van der Waals surface area contributed by atoms with Crippen LogP contribution >= 0.6 is 0 Å². The van der Waals surface area contributed by atoms with Gasteiger partial charge in [0.1, 0.15) is 0 Å². The van der Waals surface area contributed by atoms with Crippen molar-refractivity contribution in [3.63, 3.8) is 0 Å². The number of nitrogens with zero attached hydrogens (tertiary/aromatic N) is 2. The molecule has 0 bridgehead atoms. The Balaban J connectivity index is 1.84. The van der Waals surface area contributed by atoms with Crippen LogP contribution in [-0.2, 0) is 5.41 Å². The Labute approximate surface area is 123 Å². The Hall–Kier alpha value is -1.06. The number of nitrogens with two attached hydrogens (primary N) is 1. The molecule has 0 unspecified atom stereocenters. The van der Waals surface area contributed by atoms with Crippen molar-refractivity contribution in [2.24, 2.45) is 0 Å². The number of nitrogen functional groups attached to an aromatic ring is 1. The second kappa shape index (κ2) is 6.59. The van der Waals surface area contributed by atoms with Gasteiger partial charge in [0, 0.05) is 30.7 Å². The molecular formula is C17H29N3. The van der Waals surface area contributed by atoms with Gasteiger partial charge in [-0.2, -0.15) is 0 Å². The highest BCUT2D eigenvalue weighted by Crippen LogP contribution is 2.24. The number of likely N-dealkylation sites (N-methyl/N-ethyl adjacent to an activating group) is 1. The lowest BCUT2D eigenvalue weighted by Crippen LogP contribution is -2.38. The average molecular weight is 275 g/mol. The third-order valence-corrected chi connectivity index (χ3v) is 4.35. The molecule has 3 nitrogen and oxygen atoms in total. The largest absolute Gasteiger partial charge is 0.399 e. The molecule has 2 N–H and O–H groups in total. The van der Waals surface area contributed by atoms with E-state index in [9.17, 15) is 0 Å². The fourth-order valence-corrected chi connectivity index (χ4v) is 3.10. The normalized spacial score (nSPS) is 17.0. The van der Waals surface area contributed by atoms with Gasteiger partial charge in [0.25, 0.3) is 0 Å². The Kier molecular flexibility index (Phi) is 5.06. The lowest BCUT2D eigenvalue weighted by molar-refractivity contribution is 0.225. The first-order valence-electron chi connectivity index (χ1n) is 7.74. The molecule has 3 heteroatoms. The summed E-state index contributed by atoms with van der Waals surface area (Å²) in [6.45, 7) is 10.6. The molecule has 1 saturated heterocycles. The van der Waals surface area contributed by atoms with Crippen LogP contribution in [0.5, 0.6) is 0 Å². The molecule has 1 aliphatic heterocycles. The zero-order valence-electron chi connectivity index (χ0n) is 13.2. The number of benzene rings is 1. The second-order valence-corrected chi connectivity index (χ2v) is 6.79. The molecule has 0 spiro atoms. The van der Waals surface area contributed by atoms with E-state index in [1.165, 1.54) is 38.0 Å². The van der Waals surface area contributed by atoms with Crippen LogP contribution in [0.3, 0.4) is 0 Å². The summed E-state index contributed by atoms with van der Waals surface area (Å²) in [6, 6.07) is 8.32. The molecule has 112 valence electrons. The Morgan fingerprint density at radius 3 is 2.35 bits per heavy atom. The van der Waals surface area contributed by atoms with Crippen LogP contribution in [-0.4, -0.2) is 49.6 Å². The summed E-state index contributed by atoms with van der Waals surface area (Å²) in [5.41, 5.74) is 8.13. The van der Waals surface area contributed by atoms with E-state index >= 15 is 0 Å². The standard InChI is InChI=1S/C17H29N3/c1-17(2,15-6-8-16(18)9-7-15)14-19(3)12-13-20-10-4-5-11-20/h6-9H,4-5,10-14,18H2,1-3H3. The maximum Gasteiger partial charge on any atom is 0.0314 e. The maximum atomic E-state index is 5.77. The Morgan fingerprint density at radius 2 is 1.75 bits per heavy atom. The quantitative estimate of drug-likeness (QED) is 0.810. The zero-order chi connectivity index (χ0) is 14.6. The van der Waals surface area contributed by atoms with Gasteiger partial charge >= 0.3 is 0 Å². The van der Waals surface area contributed by atoms with Crippen molar-refractivity contribution in [2.75, 3.05) is 45.5 Å². The van der Waals surface area contributed by atoms with Gasteiger partial charge in [-0.15, -0.1) is 0 Å². The Bertz CT molecular complexity index is 405. The number of hydrogen-bond acceptors (Lipinski definition) is 3. The number of anilines is 1. The van der Waals surface area contributed by atoms with E-state index in [4.69, 9.17) is 5.73 Å². The van der Waals surface area contributed by atoms with Crippen molar-refractivity contribution >= 4 is 5.69 Å². The minimum Gasteiger partial charge on any atom is -0.399 e. The number of likely N-dealkylation sites (tertiary alicyclic amines) is 1. The van der Waals surface area contributed by atoms with Gasteiger partial charge < -0.3 is 15.5 Å². The second-order valence-electron chi connectivity index (χ2n) is 6.79. The monoisotopic (exact) mass is 275 g/mol. The van der Waals surface area contributed by atoms with E-state index in [0.717, 1.165) is 18.8 Å². The van der Waals surface area contributed by atoms with Crippen molar-refractivity contribution in [3.8, 4) is 0 Å². The van der Waals surface area contributed by atoms with Gasteiger partial charge in [0.05, 0.1) is 0 Å². The van der Waals surface area contributed by atoms with Crippen LogP contribution in [0.25, 0.3) is 0 Å². The topological polar surface area (TPSA) is 32.5 Å². The highest BCUT2D eigenvalue weighted by Gasteiger charge is 2.22. The van der Waals surface area contributed by atoms with Crippen molar-refractivity contribution < 1.29 is 0 Å². The van der Waals surface area contributed by atoms with E-state index in [0.29, 0.717) is 0 Å². The summed E-state index contributed by atoms with van der Waals surface area (Å²) < 4.78 is 0. The molecule has 1 heterocycles. The van der Waals surface area contributed by atoms with Gasteiger partial charge in [-0.25, -0.2) is 0 Å². The highest BCUT2D eigenvalue weighted by molar-refractivity contribution is 5.41. The maximum absolute atomic E-state index is 5.77. The molecule has 0 amide bonds. The van der Waals surface area contributed by atoms with Crippen molar-refractivity contribution in [2.45, 2.75) is 32.1 Å². The molecule has 0 saturated carbocycles. The molecule has 0 aromatic heterocycles. The van der Waals surface area contributed by atoms with E-state index in [2.05, 4.69) is 42.8 Å². The molecule has 1 fully saturated rings. The van der Waals surface area contributed by atoms with Gasteiger partial charge in [-0.3, -0.25) is 0 Å². The number of rotatable bonds is 6. The average Bonchev–Trinajstić information content (AvgIpc) is 2.89. The van der Waals surface area contributed by atoms with E-state index < -0.39 is 0 Å². The third kappa shape index (κ3) is 4.22. The van der Waals surface area contributed by atoms with Gasteiger partial charge in [0.15, 0.2) is 0 Å². The summed E-state index contributed by atoms with van der Waals surface area (Å²) >= 11 is 0. The summed E-state index contributed by atoms with van der Waals surface area (Å²) in [6.07, 6.45) is 2.75. The summed E-state index contributed by atoms with van der Waals surface area (Å²) in [7, 11) is 2.23. The molecular weight excluding hydrogens is 246 g/mol. The van der Waals surface area contributed by atoms with E-state index in [1.54, 1.807) is 0 Å².